The fourth-order valence-electron chi connectivity index (χ4n) is 3.23. The van der Waals surface area contributed by atoms with E-state index in [0.717, 1.165) is 37.4 Å². The lowest BCUT2D eigenvalue weighted by Crippen LogP contribution is -2.15. The number of nitrogens with zero attached hydrogens (tertiary/aromatic N) is 4. The highest BCUT2D eigenvalue weighted by Crippen LogP contribution is 2.28. The third-order valence-electron chi connectivity index (χ3n) is 4.62. The lowest BCUT2D eigenvalue weighted by molar-refractivity contribution is 0.0846. The van der Waals surface area contributed by atoms with Gasteiger partial charge in [0.15, 0.2) is 5.82 Å². The topological polar surface area (TPSA) is 90.6 Å². The van der Waals surface area contributed by atoms with Gasteiger partial charge in [-0.15, -0.1) is 0 Å². The molecule has 3 aromatic heterocycles. The number of nitrogens with one attached hydrogen (secondary N) is 1. The molecule has 0 bridgehead atoms. The fourth-order valence-corrected chi connectivity index (χ4v) is 3.23. The van der Waals surface area contributed by atoms with Gasteiger partial charge in [-0.05, 0) is 31.9 Å². The molecule has 0 atom stereocenters. The molecule has 8 heteroatoms. The summed E-state index contributed by atoms with van der Waals surface area (Å²) in [6.07, 6.45) is 5.60. The van der Waals surface area contributed by atoms with Crippen LogP contribution in [0.5, 0.6) is 5.88 Å². The number of methoxy groups -OCH3 is 1. The summed E-state index contributed by atoms with van der Waals surface area (Å²) >= 11 is 0. The summed E-state index contributed by atoms with van der Waals surface area (Å²) in [5.41, 5.74) is 2.73. The van der Waals surface area contributed by atoms with Crippen molar-refractivity contribution in [3.05, 3.63) is 47.7 Å². The second-order valence-corrected chi connectivity index (χ2v) is 6.54. The van der Waals surface area contributed by atoms with Crippen molar-refractivity contribution in [3.8, 4) is 5.88 Å². The van der Waals surface area contributed by atoms with Gasteiger partial charge in [0.05, 0.1) is 19.0 Å². The molecule has 1 aliphatic heterocycles. The number of hydrogen-bond donors (Lipinski definition) is 1. The van der Waals surface area contributed by atoms with E-state index in [1.165, 1.54) is 0 Å². The maximum Gasteiger partial charge on any atom is 0.275 e. The second kappa shape index (κ2) is 7.32. The molecular weight excluding hydrogens is 346 g/mol. The van der Waals surface area contributed by atoms with Crippen molar-refractivity contribution in [3.63, 3.8) is 0 Å². The minimum absolute atomic E-state index is 0.322. The summed E-state index contributed by atoms with van der Waals surface area (Å²) in [5, 5.41) is 2.78. The van der Waals surface area contributed by atoms with Crippen LogP contribution >= 0.6 is 0 Å². The lowest BCUT2D eigenvalue weighted by atomic mass is 9.97. The molecule has 1 amide bonds. The predicted molar refractivity (Wildman–Crippen MR) is 99.3 cm³/mol. The Kier molecular flexibility index (Phi) is 4.72. The zero-order valence-electron chi connectivity index (χ0n) is 15.3. The first-order valence-corrected chi connectivity index (χ1v) is 8.90. The number of pyridine rings is 1. The minimum Gasteiger partial charge on any atom is -0.478 e. The highest BCUT2D eigenvalue weighted by atomic mass is 16.5. The fraction of sp³-hybridized carbons (Fsp3) is 0.368. The van der Waals surface area contributed by atoms with Crippen molar-refractivity contribution in [2.45, 2.75) is 25.7 Å². The number of imidazole rings is 1. The average Bonchev–Trinajstić information content (AvgIpc) is 3.12. The number of fused-ring (bicyclic) bond motifs is 1. The molecule has 8 nitrogen and oxygen atoms in total. The Hall–Kier alpha value is -3.00. The van der Waals surface area contributed by atoms with Gasteiger partial charge in [-0.25, -0.2) is 9.97 Å². The molecule has 0 aliphatic carbocycles. The molecule has 4 rings (SSSR count). The van der Waals surface area contributed by atoms with Crippen molar-refractivity contribution < 1.29 is 14.3 Å². The highest BCUT2D eigenvalue weighted by molar-refractivity contribution is 6.02. The maximum absolute atomic E-state index is 12.5. The molecule has 4 heterocycles. The van der Waals surface area contributed by atoms with Gasteiger partial charge >= 0.3 is 0 Å². The van der Waals surface area contributed by atoms with E-state index in [0.29, 0.717) is 29.0 Å². The number of hydrogen-bond acceptors (Lipinski definition) is 6. The monoisotopic (exact) mass is 367 g/mol. The Morgan fingerprint density at radius 3 is 2.78 bits per heavy atom. The third-order valence-corrected chi connectivity index (χ3v) is 4.62. The van der Waals surface area contributed by atoms with Crippen LogP contribution < -0.4 is 10.1 Å². The quantitative estimate of drug-likeness (QED) is 0.762. The predicted octanol–water partition coefficient (Wildman–Crippen LogP) is 2.59. The van der Waals surface area contributed by atoms with Crippen LogP contribution in [-0.2, 0) is 4.74 Å². The van der Waals surface area contributed by atoms with Crippen LogP contribution in [0.3, 0.4) is 0 Å². The SMILES string of the molecule is COc1nc(NC(=O)c2cccc(C)n2)cn2cc(C3CCOCC3)nc12. The van der Waals surface area contributed by atoms with E-state index in [-0.39, 0.29) is 5.91 Å². The van der Waals surface area contributed by atoms with Gasteiger partial charge in [0, 0.05) is 31.0 Å². The number of amides is 1. The van der Waals surface area contributed by atoms with Gasteiger partial charge in [-0.2, -0.15) is 4.98 Å². The first-order valence-electron chi connectivity index (χ1n) is 8.90. The summed E-state index contributed by atoms with van der Waals surface area (Å²) < 4.78 is 12.7. The Labute approximate surface area is 156 Å². The molecule has 1 aliphatic rings. The molecule has 27 heavy (non-hydrogen) atoms. The summed E-state index contributed by atoms with van der Waals surface area (Å²) in [4.78, 5) is 25.8. The van der Waals surface area contributed by atoms with Gasteiger partial charge in [-0.3, -0.25) is 9.20 Å². The zero-order valence-corrected chi connectivity index (χ0v) is 15.3. The first-order chi connectivity index (χ1) is 13.1. The van der Waals surface area contributed by atoms with E-state index in [4.69, 9.17) is 14.5 Å². The molecule has 1 N–H and O–H groups in total. The van der Waals surface area contributed by atoms with Crippen LogP contribution in [-0.4, -0.2) is 45.6 Å². The normalized spacial score (nSPS) is 15.0. The molecule has 0 radical (unpaired) electrons. The van der Waals surface area contributed by atoms with E-state index in [1.54, 1.807) is 25.4 Å². The third kappa shape index (κ3) is 3.61. The number of ether oxygens (including phenoxy) is 2. The van der Waals surface area contributed by atoms with Crippen LogP contribution in [0.15, 0.2) is 30.6 Å². The van der Waals surface area contributed by atoms with E-state index in [9.17, 15) is 4.79 Å². The van der Waals surface area contributed by atoms with Crippen molar-refractivity contribution >= 4 is 17.4 Å². The standard InChI is InChI=1S/C19H21N5O3/c1-12-4-3-5-14(20-12)18(25)22-16-11-24-10-15(13-6-8-27-9-7-13)21-17(24)19(23-16)26-2/h3-5,10-11,13H,6-9H2,1-2H3,(H,22,25). The van der Waals surface area contributed by atoms with Crippen LogP contribution in [0.25, 0.3) is 5.65 Å². The average molecular weight is 367 g/mol. The minimum atomic E-state index is -0.322. The molecule has 1 fully saturated rings. The van der Waals surface area contributed by atoms with Crippen molar-refractivity contribution in [1.82, 2.24) is 19.4 Å². The Bertz CT molecular complexity index is 979. The van der Waals surface area contributed by atoms with E-state index in [2.05, 4.69) is 15.3 Å². The van der Waals surface area contributed by atoms with Crippen LogP contribution in [0.2, 0.25) is 0 Å². The van der Waals surface area contributed by atoms with E-state index in [1.807, 2.05) is 23.6 Å². The van der Waals surface area contributed by atoms with Gasteiger partial charge in [0.1, 0.15) is 5.69 Å². The molecule has 0 spiro atoms. The molecule has 0 saturated carbocycles. The number of carbonyl (C=O) groups excluding carboxylic acids is 1. The number of aryl methyl sites for hydroxylation is 1. The molecule has 1 saturated heterocycles. The summed E-state index contributed by atoms with van der Waals surface area (Å²) in [6.45, 7) is 3.34. The van der Waals surface area contributed by atoms with Gasteiger partial charge in [-0.1, -0.05) is 6.07 Å². The molecule has 140 valence electrons. The maximum atomic E-state index is 12.5. The number of aromatic nitrogens is 4. The van der Waals surface area contributed by atoms with Gasteiger partial charge < -0.3 is 14.8 Å². The Morgan fingerprint density at radius 1 is 1.22 bits per heavy atom. The first kappa shape index (κ1) is 17.4. The number of carbonyl (C=O) groups is 1. The Balaban J connectivity index is 1.64. The van der Waals surface area contributed by atoms with Crippen molar-refractivity contribution in [2.75, 3.05) is 25.6 Å². The molecular formula is C19H21N5O3. The molecule has 3 aromatic rings. The smallest absolute Gasteiger partial charge is 0.275 e. The summed E-state index contributed by atoms with van der Waals surface area (Å²) in [7, 11) is 1.54. The molecule has 0 aromatic carbocycles. The second-order valence-electron chi connectivity index (χ2n) is 6.54. The number of anilines is 1. The lowest BCUT2D eigenvalue weighted by Gasteiger charge is -2.19. The highest BCUT2D eigenvalue weighted by Gasteiger charge is 2.21. The van der Waals surface area contributed by atoms with Crippen molar-refractivity contribution in [2.24, 2.45) is 0 Å². The van der Waals surface area contributed by atoms with Crippen molar-refractivity contribution in [1.29, 1.82) is 0 Å². The summed E-state index contributed by atoms with van der Waals surface area (Å²) in [6, 6.07) is 5.30. The zero-order chi connectivity index (χ0) is 18.8. The van der Waals surface area contributed by atoms with Gasteiger partial charge in [0.25, 0.3) is 11.8 Å². The van der Waals surface area contributed by atoms with Crippen LogP contribution in [0, 0.1) is 6.92 Å². The largest absolute Gasteiger partial charge is 0.478 e. The number of rotatable bonds is 4. The summed E-state index contributed by atoms with van der Waals surface area (Å²) in [5.74, 6) is 0.780. The van der Waals surface area contributed by atoms with E-state index < -0.39 is 0 Å². The molecule has 0 unspecified atom stereocenters. The van der Waals surface area contributed by atoms with E-state index >= 15 is 0 Å². The Morgan fingerprint density at radius 2 is 2.04 bits per heavy atom. The van der Waals surface area contributed by atoms with Crippen LogP contribution in [0.4, 0.5) is 5.82 Å². The van der Waals surface area contributed by atoms with Gasteiger partial charge in [0.2, 0.25) is 5.65 Å². The van der Waals surface area contributed by atoms with Crippen LogP contribution in [0.1, 0.15) is 40.6 Å².